The average molecular weight is 309 g/mol. The lowest BCUT2D eigenvalue weighted by Crippen LogP contribution is -2.39. The molecule has 0 fully saturated rings. The standard InChI is InChI=1S/C12H15Cl2FN2O2/c1-7(6-19-2)17-11(18)5-16-12-9(13)3-8(15)4-10(12)14/h3-4,7,16H,5-6H2,1-2H3,(H,17,18). The lowest BCUT2D eigenvalue weighted by molar-refractivity contribution is -0.120. The second-order valence-corrected chi connectivity index (χ2v) is 4.84. The summed E-state index contributed by atoms with van der Waals surface area (Å²) >= 11 is 11.7. The number of methoxy groups -OCH3 is 1. The minimum absolute atomic E-state index is 0.0148. The molecule has 2 N–H and O–H groups in total. The molecule has 0 saturated carbocycles. The lowest BCUT2D eigenvalue weighted by atomic mass is 10.3. The molecule has 0 spiro atoms. The number of anilines is 1. The highest BCUT2D eigenvalue weighted by molar-refractivity contribution is 6.39. The van der Waals surface area contributed by atoms with Crippen LogP contribution in [0.4, 0.5) is 10.1 Å². The summed E-state index contributed by atoms with van der Waals surface area (Å²) in [5.41, 5.74) is 0.333. The van der Waals surface area contributed by atoms with Crippen LogP contribution >= 0.6 is 23.2 Å². The molecule has 0 aromatic heterocycles. The van der Waals surface area contributed by atoms with E-state index in [2.05, 4.69) is 10.6 Å². The first-order valence-corrected chi connectivity index (χ1v) is 6.36. The van der Waals surface area contributed by atoms with Gasteiger partial charge in [-0.25, -0.2) is 4.39 Å². The van der Waals surface area contributed by atoms with E-state index in [0.717, 1.165) is 12.1 Å². The van der Waals surface area contributed by atoms with Crippen LogP contribution in [0.1, 0.15) is 6.92 Å². The summed E-state index contributed by atoms with van der Waals surface area (Å²) < 4.78 is 17.9. The SMILES string of the molecule is COCC(C)NC(=O)CNc1c(Cl)cc(F)cc1Cl. The molecule has 0 aliphatic carbocycles. The Morgan fingerprint density at radius 1 is 1.42 bits per heavy atom. The van der Waals surface area contributed by atoms with Crippen LogP contribution in [0.3, 0.4) is 0 Å². The summed E-state index contributed by atoms with van der Waals surface area (Å²) in [6, 6.07) is 2.15. The highest BCUT2D eigenvalue weighted by Gasteiger charge is 2.11. The molecular formula is C12H15Cl2FN2O2. The Labute approximate surface area is 121 Å². The maximum absolute atomic E-state index is 13.0. The number of rotatable bonds is 6. The van der Waals surface area contributed by atoms with Gasteiger partial charge in [0.15, 0.2) is 0 Å². The number of halogens is 3. The van der Waals surface area contributed by atoms with Gasteiger partial charge in [0.25, 0.3) is 0 Å². The second kappa shape index (κ2) is 7.53. The van der Waals surface area contributed by atoms with Gasteiger partial charge in [-0.1, -0.05) is 23.2 Å². The first kappa shape index (κ1) is 16.0. The van der Waals surface area contributed by atoms with E-state index in [4.69, 9.17) is 27.9 Å². The Morgan fingerprint density at radius 3 is 2.53 bits per heavy atom. The molecule has 1 atom stereocenters. The van der Waals surface area contributed by atoms with Gasteiger partial charge in [0, 0.05) is 13.2 Å². The van der Waals surface area contributed by atoms with Crippen molar-refractivity contribution in [2.45, 2.75) is 13.0 Å². The van der Waals surface area contributed by atoms with Crippen LogP contribution in [-0.4, -0.2) is 32.2 Å². The van der Waals surface area contributed by atoms with Gasteiger partial charge in [-0.3, -0.25) is 4.79 Å². The van der Waals surface area contributed by atoms with Crippen LogP contribution < -0.4 is 10.6 Å². The molecule has 0 saturated heterocycles. The molecule has 0 aliphatic heterocycles. The van der Waals surface area contributed by atoms with Gasteiger partial charge in [0.05, 0.1) is 28.9 Å². The fourth-order valence-corrected chi connectivity index (χ4v) is 2.09. The van der Waals surface area contributed by atoms with E-state index in [1.54, 1.807) is 7.11 Å². The van der Waals surface area contributed by atoms with Crippen molar-refractivity contribution in [2.75, 3.05) is 25.6 Å². The van der Waals surface area contributed by atoms with Crippen molar-refractivity contribution >= 4 is 34.8 Å². The Morgan fingerprint density at radius 2 is 2.00 bits per heavy atom. The predicted molar refractivity (Wildman–Crippen MR) is 74.4 cm³/mol. The monoisotopic (exact) mass is 308 g/mol. The number of hydrogen-bond donors (Lipinski definition) is 2. The highest BCUT2D eigenvalue weighted by atomic mass is 35.5. The first-order valence-electron chi connectivity index (χ1n) is 5.60. The van der Waals surface area contributed by atoms with E-state index in [9.17, 15) is 9.18 Å². The zero-order valence-electron chi connectivity index (χ0n) is 10.6. The fraction of sp³-hybridized carbons (Fsp3) is 0.417. The molecule has 0 bridgehead atoms. The Balaban J connectivity index is 2.55. The normalized spacial score (nSPS) is 12.1. The van der Waals surface area contributed by atoms with Gasteiger partial charge in [-0.2, -0.15) is 0 Å². The molecule has 1 amide bonds. The maximum Gasteiger partial charge on any atom is 0.239 e. The number of carbonyl (C=O) groups excluding carboxylic acids is 1. The molecule has 1 rings (SSSR count). The minimum atomic E-state index is -0.529. The van der Waals surface area contributed by atoms with E-state index >= 15 is 0 Å². The van der Waals surface area contributed by atoms with Crippen molar-refractivity contribution < 1.29 is 13.9 Å². The summed E-state index contributed by atoms with van der Waals surface area (Å²) in [4.78, 5) is 11.6. The number of ether oxygens (including phenoxy) is 1. The van der Waals surface area contributed by atoms with Gasteiger partial charge in [0.2, 0.25) is 5.91 Å². The van der Waals surface area contributed by atoms with Crippen molar-refractivity contribution in [3.05, 3.63) is 28.0 Å². The van der Waals surface area contributed by atoms with Gasteiger partial charge < -0.3 is 15.4 Å². The third kappa shape index (κ3) is 5.22. The summed E-state index contributed by atoms with van der Waals surface area (Å²) in [6.45, 7) is 2.22. The molecular weight excluding hydrogens is 294 g/mol. The van der Waals surface area contributed by atoms with Crippen molar-refractivity contribution in [2.24, 2.45) is 0 Å². The van der Waals surface area contributed by atoms with Crippen molar-refractivity contribution in [1.29, 1.82) is 0 Å². The Kier molecular flexibility index (Phi) is 6.34. The molecule has 0 radical (unpaired) electrons. The summed E-state index contributed by atoms with van der Waals surface area (Å²) in [7, 11) is 1.55. The number of benzene rings is 1. The second-order valence-electron chi connectivity index (χ2n) is 4.02. The maximum atomic E-state index is 13.0. The number of amides is 1. The molecule has 0 heterocycles. The molecule has 1 unspecified atom stereocenters. The average Bonchev–Trinajstić information content (AvgIpc) is 2.27. The van der Waals surface area contributed by atoms with E-state index in [1.165, 1.54) is 0 Å². The van der Waals surface area contributed by atoms with Crippen LogP contribution in [0.15, 0.2) is 12.1 Å². The van der Waals surface area contributed by atoms with E-state index in [0.29, 0.717) is 12.3 Å². The van der Waals surface area contributed by atoms with Crippen LogP contribution in [0.5, 0.6) is 0 Å². The van der Waals surface area contributed by atoms with Gasteiger partial charge in [-0.05, 0) is 19.1 Å². The molecule has 106 valence electrons. The lowest BCUT2D eigenvalue weighted by Gasteiger charge is -2.14. The molecule has 7 heteroatoms. The van der Waals surface area contributed by atoms with E-state index < -0.39 is 5.82 Å². The zero-order chi connectivity index (χ0) is 14.4. The highest BCUT2D eigenvalue weighted by Crippen LogP contribution is 2.30. The molecule has 19 heavy (non-hydrogen) atoms. The third-order valence-electron chi connectivity index (χ3n) is 2.26. The largest absolute Gasteiger partial charge is 0.383 e. The van der Waals surface area contributed by atoms with E-state index in [-0.39, 0.29) is 28.5 Å². The molecule has 4 nitrogen and oxygen atoms in total. The topological polar surface area (TPSA) is 50.4 Å². The summed E-state index contributed by atoms with van der Waals surface area (Å²) in [5.74, 6) is -0.764. The fourth-order valence-electron chi connectivity index (χ4n) is 1.50. The van der Waals surface area contributed by atoms with Crippen LogP contribution in [0.25, 0.3) is 0 Å². The number of hydrogen-bond acceptors (Lipinski definition) is 3. The summed E-state index contributed by atoms with van der Waals surface area (Å²) in [5, 5.41) is 5.74. The Bertz CT molecular complexity index is 434. The predicted octanol–water partition coefficient (Wildman–Crippen LogP) is 2.70. The zero-order valence-corrected chi connectivity index (χ0v) is 12.1. The van der Waals surface area contributed by atoms with Gasteiger partial charge in [-0.15, -0.1) is 0 Å². The smallest absolute Gasteiger partial charge is 0.239 e. The first-order chi connectivity index (χ1) is 8.93. The van der Waals surface area contributed by atoms with Crippen molar-refractivity contribution in [3.8, 4) is 0 Å². The molecule has 0 aliphatic rings. The Hall–Kier alpha value is -1.04. The third-order valence-corrected chi connectivity index (χ3v) is 2.85. The number of nitrogens with one attached hydrogen (secondary N) is 2. The van der Waals surface area contributed by atoms with Crippen LogP contribution in [0, 0.1) is 5.82 Å². The summed E-state index contributed by atoms with van der Waals surface area (Å²) in [6.07, 6.45) is 0. The molecule has 1 aromatic rings. The van der Waals surface area contributed by atoms with Crippen LogP contribution in [-0.2, 0) is 9.53 Å². The van der Waals surface area contributed by atoms with Crippen molar-refractivity contribution in [1.82, 2.24) is 5.32 Å². The van der Waals surface area contributed by atoms with Crippen molar-refractivity contribution in [3.63, 3.8) is 0 Å². The van der Waals surface area contributed by atoms with Crippen LogP contribution in [0.2, 0.25) is 10.0 Å². The molecule has 1 aromatic carbocycles. The number of carbonyl (C=O) groups is 1. The minimum Gasteiger partial charge on any atom is -0.383 e. The quantitative estimate of drug-likeness (QED) is 0.849. The van der Waals surface area contributed by atoms with Gasteiger partial charge in [0.1, 0.15) is 5.82 Å². The van der Waals surface area contributed by atoms with E-state index in [1.807, 2.05) is 6.92 Å². The van der Waals surface area contributed by atoms with Gasteiger partial charge >= 0.3 is 0 Å².